The molecule has 0 aliphatic carbocycles. The van der Waals surface area contributed by atoms with Crippen LogP contribution in [0.1, 0.15) is 19.4 Å². The van der Waals surface area contributed by atoms with E-state index in [0.29, 0.717) is 11.5 Å². The Balaban J connectivity index is 3.08. The molecular formula is C12H15NO3. The van der Waals surface area contributed by atoms with E-state index >= 15 is 0 Å². The van der Waals surface area contributed by atoms with E-state index in [2.05, 4.69) is 4.99 Å². The Labute approximate surface area is 94.9 Å². The maximum atomic E-state index is 10.1. The molecule has 1 rings (SSSR count). The Morgan fingerprint density at radius 1 is 1.38 bits per heavy atom. The molecule has 0 aliphatic heterocycles. The molecule has 0 unspecified atom stereocenters. The van der Waals surface area contributed by atoms with Crippen LogP contribution in [0.4, 0.5) is 0 Å². The first-order chi connectivity index (χ1) is 7.69. The van der Waals surface area contributed by atoms with Crippen molar-refractivity contribution in [3.05, 3.63) is 23.8 Å². The average molecular weight is 221 g/mol. The number of aliphatic imine (C=N–C) groups is 1. The molecule has 0 amide bonds. The quantitative estimate of drug-likeness (QED) is 0.566. The zero-order valence-electron chi connectivity index (χ0n) is 9.69. The lowest BCUT2D eigenvalue weighted by molar-refractivity contribution is 0.238. The molecule has 0 spiro atoms. The first-order valence-corrected chi connectivity index (χ1v) is 5.05. The van der Waals surface area contributed by atoms with Gasteiger partial charge in [0.05, 0.1) is 25.3 Å². The summed E-state index contributed by atoms with van der Waals surface area (Å²) in [5.41, 5.74) is 0.766. The SMILES string of the molecule is COc1cccc(OC(C)C)c1CN=C=O. The van der Waals surface area contributed by atoms with Gasteiger partial charge >= 0.3 is 0 Å². The molecule has 0 fully saturated rings. The van der Waals surface area contributed by atoms with E-state index in [4.69, 9.17) is 9.47 Å². The Morgan fingerprint density at radius 2 is 2.06 bits per heavy atom. The van der Waals surface area contributed by atoms with Gasteiger partial charge in [-0.2, -0.15) is 0 Å². The van der Waals surface area contributed by atoms with E-state index in [1.54, 1.807) is 7.11 Å². The topological polar surface area (TPSA) is 47.9 Å². The number of methoxy groups -OCH3 is 1. The molecule has 0 saturated heterocycles. The van der Waals surface area contributed by atoms with Gasteiger partial charge in [-0.1, -0.05) is 6.07 Å². The van der Waals surface area contributed by atoms with Gasteiger partial charge in [-0.05, 0) is 26.0 Å². The van der Waals surface area contributed by atoms with Crippen LogP contribution in [0, 0.1) is 0 Å². The fourth-order valence-corrected chi connectivity index (χ4v) is 1.37. The molecule has 0 radical (unpaired) electrons. The molecule has 0 heterocycles. The molecule has 0 atom stereocenters. The van der Waals surface area contributed by atoms with Crippen molar-refractivity contribution < 1.29 is 14.3 Å². The highest BCUT2D eigenvalue weighted by molar-refractivity contribution is 5.46. The third-order valence-corrected chi connectivity index (χ3v) is 1.97. The summed E-state index contributed by atoms with van der Waals surface area (Å²) in [6.45, 7) is 4.09. The number of isocyanates is 1. The molecule has 1 aromatic rings. The van der Waals surface area contributed by atoms with Crippen LogP contribution in [0.15, 0.2) is 23.2 Å². The summed E-state index contributed by atoms with van der Waals surface area (Å²) in [4.78, 5) is 13.7. The lowest BCUT2D eigenvalue weighted by Gasteiger charge is -2.15. The molecule has 1 aromatic carbocycles. The van der Waals surface area contributed by atoms with Crippen LogP contribution < -0.4 is 9.47 Å². The van der Waals surface area contributed by atoms with E-state index in [9.17, 15) is 4.79 Å². The van der Waals surface area contributed by atoms with Crippen molar-refractivity contribution in [1.29, 1.82) is 0 Å². The third kappa shape index (κ3) is 3.11. The van der Waals surface area contributed by atoms with Gasteiger partial charge in [-0.3, -0.25) is 0 Å². The number of hydrogen-bond acceptors (Lipinski definition) is 4. The molecule has 0 bridgehead atoms. The van der Waals surface area contributed by atoms with Crippen molar-refractivity contribution in [1.82, 2.24) is 0 Å². The first-order valence-electron chi connectivity index (χ1n) is 5.05. The van der Waals surface area contributed by atoms with Crippen molar-refractivity contribution in [2.75, 3.05) is 7.11 Å². The summed E-state index contributed by atoms with van der Waals surface area (Å²) < 4.78 is 10.8. The Bertz CT molecular complexity index is 395. The van der Waals surface area contributed by atoms with Crippen molar-refractivity contribution in [2.45, 2.75) is 26.5 Å². The summed E-state index contributed by atoms with van der Waals surface area (Å²) in [7, 11) is 1.57. The normalized spacial score (nSPS) is 9.75. The summed E-state index contributed by atoms with van der Waals surface area (Å²) >= 11 is 0. The summed E-state index contributed by atoms with van der Waals surface area (Å²) in [5, 5.41) is 0. The smallest absolute Gasteiger partial charge is 0.235 e. The van der Waals surface area contributed by atoms with Gasteiger partial charge in [0.1, 0.15) is 11.5 Å². The lowest BCUT2D eigenvalue weighted by atomic mass is 10.1. The van der Waals surface area contributed by atoms with Crippen LogP contribution in [0.5, 0.6) is 11.5 Å². The molecular weight excluding hydrogens is 206 g/mol. The van der Waals surface area contributed by atoms with Crippen LogP contribution in [-0.4, -0.2) is 19.3 Å². The maximum absolute atomic E-state index is 10.1. The van der Waals surface area contributed by atoms with Crippen LogP contribution in [0.25, 0.3) is 0 Å². The zero-order valence-corrected chi connectivity index (χ0v) is 9.69. The van der Waals surface area contributed by atoms with Gasteiger partial charge in [0.25, 0.3) is 0 Å². The van der Waals surface area contributed by atoms with Gasteiger partial charge in [0.15, 0.2) is 0 Å². The van der Waals surface area contributed by atoms with E-state index in [0.717, 1.165) is 5.56 Å². The van der Waals surface area contributed by atoms with E-state index in [1.807, 2.05) is 32.0 Å². The molecule has 16 heavy (non-hydrogen) atoms. The summed E-state index contributed by atoms with van der Waals surface area (Å²) in [6.07, 6.45) is 1.57. The second-order valence-corrected chi connectivity index (χ2v) is 3.51. The fraction of sp³-hybridized carbons (Fsp3) is 0.417. The number of nitrogens with zero attached hydrogens (tertiary/aromatic N) is 1. The zero-order chi connectivity index (χ0) is 12.0. The molecule has 0 aromatic heterocycles. The number of carbonyl (C=O) groups excluding carboxylic acids is 1. The number of rotatable bonds is 5. The van der Waals surface area contributed by atoms with Crippen LogP contribution in [0.2, 0.25) is 0 Å². The van der Waals surface area contributed by atoms with Crippen LogP contribution >= 0.6 is 0 Å². The Hall–Kier alpha value is -1.80. The highest BCUT2D eigenvalue weighted by Crippen LogP contribution is 2.29. The van der Waals surface area contributed by atoms with Gasteiger partial charge in [-0.15, -0.1) is 0 Å². The number of hydrogen-bond donors (Lipinski definition) is 0. The second-order valence-electron chi connectivity index (χ2n) is 3.51. The minimum atomic E-state index is 0.0612. The van der Waals surface area contributed by atoms with E-state index < -0.39 is 0 Å². The summed E-state index contributed by atoms with van der Waals surface area (Å²) in [5.74, 6) is 1.35. The molecule has 4 nitrogen and oxygen atoms in total. The maximum Gasteiger partial charge on any atom is 0.235 e. The summed E-state index contributed by atoms with van der Waals surface area (Å²) in [6, 6.07) is 5.48. The largest absolute Gasteiger partial charge is 0.496 e. The van der Waals surface area contributed by atoms with Crippen LogP contribution in [0.3, 0.4) is 0 Å². The highest BCUT2D eigenvalue weighted by atomic mass is 16.5. The van der Waals surface area contributed by atoms with Crippen molar-refractivity contribution in [2.24, 2.45) is 4.99 Å². The van der Waals surface area contributed by atoms with Gasteiger partial charge in [0.2, 0.25) is 6.08 Å². The lowest BCUT2D eigenvalue weighted by Crippen LogP contribution is -2.08. The van der Waals surface area contributed by atoms with Crippen molar-refractivity contribution in [3.8, 4) is 11.5 Å². The predicted molar refractivity (Wildman–Crippen MR) is 60.6 cm³/mol. The molecule has 0 N–H and O–H groups in total. The monoisotopic (exact) mass is 221 g/mol. The fourth-order valence-electron chi connectivity index (χ4n) is 1.37. The molecule has 86 valence electrons. The minimum Gasteiger partial charge on any atom is -0.496 e. The molecule has 4 heteroatoms. The van der Waals surface area contributed by atoms with Gasteiger partial charge in [0, 0.05) is 0 Å². The number of ether oxygens (including phenoxy) is 2. The molecule has 0 saturated carbocycles. The second kappa shape index (κ2) is 5.93. The van der Waals surface area contributed by atoms with Crippen molar-refractivity contribution >= 4 is 6.08 Å². The Kier molecular flexibility index (Phi) is 4.55. The first kappa shape index (κ1) is 12.3. The molecule has 0 aliphatic rings. The Morgan fingerprint density at radius 3 is 2.62 bits per heavy atom. The van der Waals surface area contributed by atoms with Crippen molar-refractivity contribution in [3.63, 3.8) is 0 Å². The third-order valence-electron chi connectivity index (χ3n) is 1.97. The standard InChI is InChI=1S/C12H15NO3/c1-9(2)16-12-6-4-5-11(15-3)10(12)7-13-8-14/h4-6,9H,7H2,1-3H3. The minimum absolute atomic E-state index is 0.0612. The van der Waals surface area contributed by atoms with Crippen LogP contribution in [-0.2, 0) is 11.3 Å². The van der Waals surface area contributed by atoms with Gasteiger partial charge < -0.3 is 9.47 Å². The highest BCUT2D eigenvalue weighted by Gasteiger charge is 2.10. The van der Waals surface area contributed by atoms with E-state index in [1.165, 1.54) is 6.08 Å². The average Bonchev–Trinajstić information content (AvgIpc) is 2.26. The van der Waals surface area contributed by atoms with Gasteiger partial charge in [-0.25, -0.2) is 9.79 Å². The van der Waals surface area contributed by atoms with E-state index in [-0.39, 0.29) is 12.6 Å². The number of benzene rings is 1. The predicted octanol–water partition coefficient (Wildman–Crippen LogP) is 2.32.